The molecule has 1 heterocycles. The molecule has 2 aromatic rings. The normalized spacial score (nSPS) is 21.3. The molecule has 0 aliphatic carbocycles. The van der Waals surface area contributed by atoms with Crippen molar-refractivity contribution in [2.45, 2.75) is 12.1 Å². The highest BCUT2D eigenvalue weighted by atomic mass is 16.5. The summed E-state index contributed by atoms with van der Waals surface area (Å²) in [5, 5.41) is 22.9. The lowest BCUT2D eigenvalue weighted by Gasteiger charge is -2.30. The number of ether oxygens (including phenoxy) is 1. The van der Waals surface area contributed by atoms with Gasteiger partial charge in [0.05, 0.1) is 19.3 Å². The molecule has 0 saturated heterocycles. The smallest absolute Gasteiger partial charge is 0.118 e. The summed E-state index contributed by atoms with van der Waals surface area (Å²) in [5.41, 5.74) is 2.88. The molecule has 0 aromatic heterocycles. The zero-order chi connectivity index (χ0) is 14.1. The summed E-state index contributed by atoms with van der Waals surface area (Å²) in [7, 11) is 1.64. The molecule has 4 nitrogen and oxygen atoms in total. The maximum absolute atomic E-state index is 10.0. The van der Waals surface area contributed by atoms with Crippen molar-refractivity contribution in [3.8, 4) is 11.5 Å². The van der Waals surface area contributed by atoms with Crippen molar-refractivity contribution in [2.24, 2.45) is 0 Å². The van der Waals surface area contributed by atoms with Gasteiger partial charge in [0.15, 0.2) is 0 Å². The summed E-state index contributed by atoms with van der Waals surface area (Å²) in [6, 6.07) is 13.0. The lowest BCUT2D eigenvalue weighted by molar-refractivity contribution is 0.160. The van der Waals surface area contributed by atoms with Crippen LogP contribution in [0.1, 0.15) is 28.8 Å². The van der Waals surface area contributed by atoms with Crippen molar-refractivity contribution >= 4 is 0 Å². The molecule has 0 fully saturated rings. The Hall–Kier alpha value is -2.04. The van der Waals surface area contributed by atoms with Gasteiger partial charge in [-0.3, -0.25) is 0 Å². The molecule has 0 spiro atoms. The van der Waals surface area contributed by atoms with Gasteiger partial charge in [0.1, 0.15) is 11.5 Å². The van der Waals surface area contributed by atoms with E-state index in [4.69, 9.17) is 4.74 Å². The molecule has 2 atom stereocenters. The van der Waals surface area contributed by atoms with Crippen molar-refractivity contribution in [1.29, 1.82) is 0 Å². The standard InChI is InChI=1S/C16H17NO3/c1-20-12-5-2-10(3-6-12)16-13-7-4-11(18)8-14(13)15(19)9-17-16/h2-8,15-19H,9H2,1H3. The third-order valence-electron chi connectivity index (χ3n) is 3.70. The van der Waals surface area contributed by atoms with Crippen LogP contribution in [0.3, 0.4) is 0 Å². The molecule has 2 unspecified atom stereocenters. The minimum Gasteiger partial charge on any atom is -0.508 e. The lowest BCUT2D eigenvalue weighted by Crippen LogP contribution is -2.33. The number of methoxy groups -OCH3 is 1. The second-order valence-corrected chi connectivity index (χ2v) is 4.94. The van der Waals surface area contributed by atoms with E-state index in [1.165, 1.54) is 0 Å². The first kappa shape index (κ1) is 13.0. The van der Waals surface area contributed by atoms with E-state index in [1.807, 2.05) is 30.3 Å². The number of fused-ring (bicyclic) bond motifs is 1. The second-order valence-electron chi connectivity index (χ2n) is 4.94. The Morgan fingerprint density at radius 3 is 2.55 bits per heavy atom. The SMILES string of the molecule is COc1ccc(C2NCC(O)c3cc(O)ccc32)cc1. The Labute approximate surface area is 117 Å². The Kier molecular flexibility index (Phi) is 3.34. The van der Waals surface area contributed by atoms with Gasteiger partial charge in [0.25, 0.3) is 0 Å². The van der Waals surface area contributed by atoms with Crippen LogP contribution in [0.15, 0.2) is 42.5 Å². The molecule has 1 aliphatic rings. The molecule has 20 heavy (non-hydrogen) atoms. The summed E-state index contributed by atoms with van der Waals surface area (Å²) in [6.07, 6.45) is -0.591. The topological polar surface area (TPSA) is 61.7 Å². The number of hydrogen-bond acceptors (Lipinski definition) is 4. The summed E-state index contributed by atoms with van der Waals surface area (Å²) in [4.78, 5) is 0. The number of hydrogen-bond donors (Lipinski definition) is 3. The Morgan fingerprint density at radius 2 is 1.85 bits per heavy atom. The molecule has 0 saturated carbocycles. The van der Waals surface area contributed by atoms with E-state index in [9.17, 15) is 10.2 Å². The van der Waals surface area contributed by atoms with Gasteiger partial charge in [0.2, 0.25) is 0 Å². The zero-order valence-corrected chi connectivity index (χ0v) is 11.2. The average Bonchev–Trinajstić information content (AvgIpc) is 2.48. The Morgan fingerprint density at radius 1 is 1.10 bits per heavy atom. The number of aliphatic hydroxyl groups is 1. The van der Waals surface area contributed by atoms with Gasteiger partial charge in [-0.1, -0.05) is 18.2 Å². The van der Waals surface area contributed by atoms with Gasteiger partial charge in [-0.15, -0.1) is 0 Å². The highest BCUT2D eigenvalue weighted by Crippen LogP contribution is 2.35. The van der Waals surface area contributed by atoms with E-state index in [1.54, 1.807) is 19.2 Å². The van der Waals surface area contributed by atoms with Crippen LogP contribution < -0.4 is 10.1 Å². The largest absolute Gasteiger partial charge is 0.508 e. The fourth-order valence-electron chi connectivity index (χ4n) is 2.66. The van der Waals surface area contributed by atoms with Gasteiger partial charge >= 0.3 is 0 Å². The van der Waals surface area contributed by atoms with Crippen LogP contribution in [0.2, 0.25) is 0 Å². The van der Waals surface area contributed by atoms with E-state index in [0.717, 1.165) is 22.4 Å². The molecule has 3 N–H and O–H groups in total. The van der Waals surface area contributed by atoms with Crippen molar-refractivity contribution < 1.29 is 14.9 Å². The van der Waals surface area contributed by atoms with E-state index >= 15 is 0 Å². The molecule has 2 aromatic carbocycles. The van der Waals surface area contributed by atoms with Crippen molar-refractivity contribution in [1.82, 2.24) is 5.32 Å². The fraction of sp³-hybridized carbons (Fsp3) is 0.250. The van der Waals surface area contributed by atoms with Crippen LogP contribution >= 0.6 is 0 Å². The number of aliphatic hydroxyl groups excluding tert-OH is 1. The average molecular weight is 271 g/mol. The zero-order valence-electron chi connectivity index (χ0n) is 11.2. The minimum atomic E-state index is -0.591. The fourth-order valence-corrected chi connectivity index (χ4v) is 2.66. The summed E-state index contributed by atoms with van der Waals surface area (Å²) >= 11 is 0. The number of nitrogens with one attached hydrogen (secondary N) is 1. The first-order valence-corrected chi connectivity index (χ1v) is 6.57. The highest BCUT2D eigenvalue weighted by Gasteiger charge is 2.26. The molecule has 3 rings (SSSR count). The molecule has 1 aliphatic heterocycles. The quantitative estimate of drug-likeness (QED) is 0.783. The van der Waals surface area contributed by atoms with Crippen LogP contribution in [0.4, 0.5) is 0 Å². The predicted octanol–water partition coefficient (Wildman–Crippen LogP) is 2.13. The van der Waals surface area contributed by atoms with E-state index < -0.39 is 6.10 Å². The van der Waals surface area contributed by atoms with E-state index in [0.29, 0.717) is 6.54 Å². The predicted molar refractivity (Wildman–Crippen MR) is 75.9 cm³/mol. The van der Waals surface area contributed by atoms with E-state index in [-0.39, 0.29) is 11.8 Å². The highest BCUT2D eigenvalue weighted by molar-refractivity contribution is 5.45. The van der Waals surface area contributed by atoms with Crippen LogP contribution in [-0.4, -0.2) is 23.9 Å². The third-order valence-corrected chi connectivity index (χ3v) is 3.70. The van der Waals surface area contributed by atoms with Gasteiger partial charge in [0, 0.05) is 6.54 Å². The molecule has 4 heteroatoms. The van der Waals surface area contributed by atoms with Gasteiger partial charge in [-0.25, -0.2) is 0 Å². The molecule has 104 valence electrons. The number of rotatable bonds is 2. The number of aromatic hydroxyl groups is 1. The molecule has 0 radical (unpaired) electrons. The first-order valence-electron chi connectivity index (χ1n) is 6.57. The maximum Gasteiger partial charge on any atom is 0.118 e. The number of phenols is 1. The van der Waals surface area contributed by atoms with Crippen molar-refractivity contribution in [3.63, 3.8) is 0 Å². The van der Waals surface area contributed by atoms with Crippen LogP contribution in [0.5, 0.6) is 11.5 Å². The van der Waals surface area contributed by atoms with Crippen LogP contribution in [0.25, 0.3) is 0 Å². The van der Waals surface area contributed by atoms with E-state index in [2.05, 4.69) is 5.32 Å². The van der Waals surface area contributed by atoms with Gasteiger partial charge in [-0.2, -0.15) is 0 Å². The molecule has 0 bridgehead atoms. The van der Waals surface area contributed by atoms with Crippen molar-refractivity contribution in [2.75, 3.05) is 13.7 Å². The van der Waals surface area contributed by atoms with Gasteiger partial charge < -0.3 is 20.3 Å². The minimum absolute atomic E-state index is 0.0138. The summed E-state index contributed by atoms with van der Waals surface area (Å²) in [5.74, 6) is 0.994. The third kappa shape index (κ3) is 2.24. The number of β-amino-alcohol motifs (C(OH)–C–C–N with tert-alkyl or cyclic N) is 1. The maximum atomic E-state index is 10.0. The van der Waals surface area contributed by atoms with Gasteiger partial charge in [-0.05, 0) is 41.0 Å². The first-order chi connectivity index (χ1) is 9.69. The number of benzene rings is 2. The molecule has 0 amide bonds. The lowest BCUT2D eigenvalue weighted by atomic mass is 9.88. The Balaban J connectivity index is 2.01. The summed E-state index contributed by atoms with van der Waals surface area (Å²) in [6.45, 7) is 0.465. The number of phenolic OH excluding ortho intramolecular Hbond substituents is 1. The van der Waals surface area contributed by atoms with Crippen molar-refractivity contribution in [3.05, 3.63) is 59.2 Å². The second kappa shape index (κ2) is 5.15. The molecular weight excluding hydrogens is 254 g/mol. The van der Waals surface area contributed by atoms with Crippen LogP contribution in [-0.2, 0) is 0 Å². The monoisotopic (exact) mass is 271 g/mol. The molecular formula is C16H17NO3. The van der Waals surface area contributed by atoms with Crippen LogP contribution in [0, 0.1) is 0 Å². The summed E-state index contributed by atoms with van der Waals surface area (Å²) < 4.78 is 5.17. The Bertz CT molecular complexity index is 610.